The summed E-state index contributed by atoms with van der Waals surface area (Å²) in [5.41, 5.74) is 2.51. The van der Waals surface area contributed by atoms with Crippen LogP contribution in [-0.2, 0) is 25.7 Å². The molecule has 0 saturated carbocycles. The minimum Gasteiger partial charge on any atom is -0.748 e. The predicted molar refractivity (Wildman–Crippen MR) is 99.6 cm³/mol. The van der Waals surface area contributed by atoms with Gasteiger partial charge < -0.3 is 9.11 Å². The van der Waals surface area contributed by atoms with E-state index in [1.807, 2.05) is 31.4 Å². The Kier molecular flexibility index (Phi) is 7.02. The zero-order valence-corrected chi connectivity index (χ0v) is 21.0. The summed E-state index contributed by atoms with van der Waals surface area (Å²) < 4.78 is 68.6. The molecule has 1 aliphatic heterocycles. The number of hydrogen-bond donors (Lipinski definition) is 0. The van der Waals surface area contributed by atoms with Gasteiger partial charge >= 0.3 is 51.4 Å². The van der Waals surface area contributed by atoms with Crippen LogP contribution < -0.4 is 51.4 Å². The van der Waals surface area contributed by atoms with Crippen molar-refractivity contribution < 1.29 is 81.9 Å². The Morgan fingerprint density at radius 2 is 1.68 bits per heavy atom. The van der Waals surface area contributed by atoms with Crippen LogP contribution in [0.1, 0.15) is 32.8 Å². The summed E-state index contributed by atoms with van der Waals surface area (Å²) in [6, 6.07) is 7.90. The molecule has 28 heavy (non-hydrogen) atoms. The summed E-state index contributed by atoms with van der Waals surface area (Å²) >= 11 is 0. The fourth-order valence-electron chi connectivity index (χ4n) is 3.72. The first-order chi connectivity index (χ1) is 12.3. The van der Waals surface area contributed by atoms with Gasteiger partial charge in [-0.05, 0) is 42.8 Å². The average Bonchev–Trinajstić information content (AvgIpc) is 2.73. The molecule has 1 aliphatic rings. The fraction of sp³-hybridized carbons (Fsp3) is 0.389. The van der Waals surface area contributed by atoms with Gasteiger partial charge in [-0.25, -0.2) is 16.8 Å². The monoisotopic (exact) mass is 449 g/mol. The smallest absolute Gasteiger partial charge is 0.748 e. The molecule has 0 bridgehead atoms. The van der Waals surface area contributed by atoms with E-state index >= 15 is 0 Å². The summed E-state index contributed by atoms with van der Waals surface area (Å²) in [6.45, 7) is 6.41. The van der Waals surface area contributed by atoms with E-state index in [1.54, 1.807) is 12.1 Å². The number of benzene rings is 2. The van der Waals surface area contributed by atoms with E-state index in [0.29, 0.717) is 11.9 Å². The third kappa shape index (κ3) is 4.60. The maximum atomic E-state index is 11.3. The molecule has 2 aromatic carbocycles. The second kappa shape index (κ2) is 8.16. The number of fused-ring (bicyclic) bond motifs is 3. The summed E-state index contributed by atoms with van der Waals surface area (Å²) in [5.74, 6) is -0.426. The molecule has 146 valence electrons. The van der Waals surface area contributed by atoms with E-state index in [-0.39, 0.29) is 68.1 Å². The van der Waals surface area contributed by atoms with Gasteiger partial charge in [-0.15, -0.1) is 0 Å². The molecule has 0 amide bonds. The van der Waals surface area contributed by atoms with Crippen LogP contribution in [0.2, 0.25) is 0 Å². The topological polar surface area (TPSA) is 117 Å². The summed E-state index contributed by atoms with van der Waals surface area (Å²) in [7, 11) is -8.80. The first-order valence-electron chi connectivity index (χ1n) is 8.40. The molecule has 0 unspecified atom stereocenters. The Morgan fingerprint density at radius 1 is 1.04 bits per heavy atom. The first-order valence-corrected chi connectivity index (χ1v) is 11.4. The van der Waals surface area contributed by atoms with E-state index in [0.717, 1.165) is 22.3 Å². The molecule has 0 N–H and O–H groups in total. The third-order valence-electron chi connectivity index (χ3n) is 5.26. The largest absolute Gasteiger partial charge is 1.00 e. The molecule has 0 aliphatic carbocycles. The van der Waals surface area contributed by atoms with E-state index in [9.17, 15) is 25.9 Å². The predicted octanol–water partition coefficient (Wildman–Crippen LogP) is -0.921. The molecule has 0 aromatic heterocycles. The summed E-state index contributed by atoms with van der Waals surface area (Å²) in [6.07, 6.45) is 0.212. The Hall–Kier alpha value is -0.174. The second-order valence-electron chi connectivity index (χ2n) is 7.27. The zero-order valence-electron chi connectivity index (χ0n) is 16.2. The van der Waals surface area contributed by atoms with E-state index in [4.69, 9.17) is 0 Å². The summed E-state index contributed by atoms with van der Waals surface area (Å²) in [5, 5.41) is 1.48. The Labute approximate surface area is 207 Å². The van der Waals surface area contributed by atoms with Gasteiger partial charge in [-0.1, -0.05) is 6.07 Å². The Bertz CT molecular complexity index is 1180. The molecule has 0 spiro atoms. The van der Waals surface area contributed by atoms with Crippen LogP contribution in [0.4, 0.5) is 5.69 Å². The second-order valence-corrected chi connectivity index (χ2v) is 10.2. The molecule has 3 rings (SSSR count). The minimum absolute atomic E-state index is 0. The SMILES string of the molecule is CC1=[N+](CCCS(=O)(=O)[O-])c2ccc3cc(S(=O)(=O)[O-])ccc3c2C1(C)C.[K+]. The third-order valence-corrected chi connectivity index (χ3v) is 6.88. The van der Waals surface area contributed by atoms with Crippen LogP contribution in [0.25, 0.3) is 10.8 Å². The van der Waals surface area contributed by atoms with Crippen LogP contribution >= 0.6 is 0 Å². The molecule has 1 heterocycles. The van der Waals surface area contributed by atoms with Gasteiger partial charge in [-0.2, -0.15) is 4.58 Å². The van der Waals surface area contributed by atoms with Crippen molar-refractivity contribution in [2.75, 3.05) is 12.3 Å². The molecule has 7 nitrogen and oxygen atoms in total. The van der Waals surface area contributed by atoms with Gasteiger partial charge in [0.1, 0.15) is 16.7 Å². The van der Waals surface area contributed by atoms with Crippen molar-refractivity contribution >= 4 is 42.4 Å². The minimum atomic E-state index is -4.54. The standard InChI is InChI=1S/C18H21NO6S2.K/c1-12-18(2,3)17-15-7-6-14(27(23,24)25)11-13(15)5-8-16(17)19(12)9-4-10-26(20,21)22;/h5-8,11H,4,9-10H2,1-3H3,(H-,20,21,22,23,24,25);/q;+1/p-1. The molecular formula is C18H20KNO6S2. The van der Waals surface area contributed by atoms with E-state index in [1.165, 1.54) is 12.1 Å². The van der Waals surface area contributed by atoms with Crippen molar-refractivity contribution in [1.82, 2.24) is 0 Å². The van der Waals surface area contributed by atoms with E-state index < -0.39 is 26.0 Å². The van der Waals surface area contributed by atoms with Crippen molar-refractivity contribution in [2.24, 2.45) is 0 Å². The van der Waals surface area contributed by atoms with Gasteiger partial charge in [0.15, 0.2) is 5.71 Å². The molecule has 0 saturated heterocycles. The van der Waals surface area contributed by atoms with Crippen molar-refractivity contribution in [3.8, 4) is 0 Å². The molecule has 0 fully saturated rings. The fourth-order valence-corrected chi connectivity index (χ4v) is 4.71. The van der Waals surface area contributed by atoms with Crippen molar-refractivity contribution in [1.29, 1.82) is 0 Å². The van der Waals surface area contributed by atoms with Crippen LogP contribution in [-0.4, -0.2) is 48.5 Å². The zero-order chi connectivity index (χ0) is 20.2. The quantitative estimate of drug-likeness (QED) is 0.331. The van der Waals surface area contributed by atoms with Gasteiger partial charge in [0.05, 0.1) is 20.4 Å². The van der Waals surface area contributed by atoms with Gasteiger partial charge in [0, 0.05) is 30.7 Å². The van der Waals surface area contributed by atoms with Gasteiger partial charge in [-0.3, -0.25) is 0 Å². The van der Waals surface area contributed by atoms with Crippen LogP contribution in [0, 0.1) is 0 Å². The number of hydrogen-bond acceptors (Lipinski definition) is 6. The van der Waals surface area contributed by atoms with Crippen LogP contribution in [0.15, 0.2) is 35.2 Å². The Balaban J connectivity index is 0.00000280. The van der Waals surface area contributed by atoms with Gasteiger partial charge in [0.25, 0.3) is 0 Å². The number of rotatable bonds is 5. The maximum Gasteiger partial charge on any atom is 1.00 e. The molecule has 10 heteroatoms. The normalized spacial score (nSPS) is 16.2. The van der Waals surface area contributed by atoms with Crippen LogP contribution in [0.3, 0.4) is 0 Å². The molecular weight excluding hydrogens is 429 g/mol. The number of nitrogens with zero attached hydrogens (tertiary/aromatic N) is 1. The van der Waals surface area contributed by atoms with Crippen molar-refractivity contribution in [3.05, 3.63) is 35.9 Å². The average molecular weight is 450 g/mol. The Morgan fingerprint density at radius 3 is 2.25 bits per heavy atom. The van der Waals surface area contributed by atoms with E-state index in [2.05, 4.69) is 0 Å². The summed E-state index contributed by atoms with van der Waals surface area (Å²) in [4.78, 5) is -0.274. The molecule has 2 aromatic rings. The van der Waals surface area contributed by atoms with Crippen molar-refractivity contribution in [3.63, 3.8) is 0 Å². The van der Waals surface area contributed by atoms with Crippen molar-refractivity contribution in [2.45, 2.75) is 37.5 Å². The first kappa shape index (κ1) is 24.1. The molecule has 0 atom stereocenters. The molecule has 0 radical (unpaired) electrons. The van der Waals surface area contributed by atoms with Crippen LogP contribution in [0.5, 0.6) is 0 Å². The van der Waals surface area contributed by atoms with Gasteiger partial charge in [0.2, 0.25) is 5.69 Å². The maximum absolute atomic E-state index is 11.3.